The zero-order valence-corrected chi connectivity index (χ0v) is 17.2. The van der Waals surface area contributed by atoms with Gasteiger partial charge in [-0.1, -0.05) is 6.07 Å². The molecule has 0 unspecified atom stereocenters. The summed E-state index contributed by atoms with van der Waals surface area (Å²) in [6.45, 7) is 1.90. The van der Waals surface area contributed by atoms with E-state index in [2.05, 4.69) is 0 Å². The van der Waals surface area contributed by atoms with E-state index in [0.29, 0.717) is 62.1 Å². The predicted molar refractivity (Wildman–Crippen MR) is 111 cm³/mol. The molecule has 5 rings (SSSR count). The van der Waals surface area contributed by atoms with Gasteiger partial charge in [0.1, 0.15) is 11.9 Å². The van der Waals surface area contributed by atoms with E-state index >= 15 is 0 Å². The van der Waals surface area contributed by atoms with Gasteiger partial charge >= 0.3 is 0 Å². The van der Waals surface area contributed by atoms with E-state index in [1.807, 2.05) is 17.0 Å². The number of aromatic nitrogens is 1. The Kier molecular flexibility index (Phi) is 5.31. The molecule has 4 atom stereocenters. The molecule has 1 aromatic carbocycles. The number of hydrogen-bond donors (Lipinski definition) is 1. The number of ether oxygens (including phenoxy) is 3. The van der Waals surface area contributed by atoms with Crippen LogP contribution in [0.25, 0.3) is 0 Å². The molecule has 31 heavy (non-hydrogen) atoms. The Bertz CT molecular complexity index is 1020. The maximum absolute atomic E-state index is 12.7. The van der Waals surface area contributed by atoms with Crippen molar-refractivity contribution in [2.24, 2.45) is 11.8 Å². The lowest BCUT2D eigenvalue weighted by molar-refractivity contribution is -0.130. The zero-order chi connectivity index (χ0) is 21.4. The van der Waals surface area contributed by atoms with Gasteiger partial charge in [-0.05, 0) is 42.9 Å². The van der Waals surface area contributed by atoms with Gasteiger partial charge in [0.2, 0.25) is 12.7 Å². The van der Waals surface area contributed by atoms with Crippen molar-refractivity contribution in [3.05, 3.63) is 52.9 Å². The van der Waals surface area contributed by atoms with Gasteiger partial charge in [0, 0.05) is 44.4 Å². The van der Waals surface area contributed by atoms with E-state index in [1.54, 1.807) is 29.0 Å². The minimum atomic E-state index is -0.579. The summed E-state index contributed by atoms with van der Waals surface area (Å²) in [6.07, 6.45) is 2.41. The van der Waals surface area contributed by atoms with Gasteiger partial charge in [-0.2, -0.15) is 0 Å². The number of aliphatic hydroxyl groups is 1. The third-order valence-electron chi connectivity index (χ3n) is 6.53. The van der Waals surface area contributed by atoms with E-state index in [4.69, 9.17) is 14.2 Å². The molecular weight excluding hydrogens is 400 g/mol. The Morgan fingerprint density at radius 3 is 2.74 bits per heavy atom. The summed E-state index contributed by atoms with van der Waals surface area (Å²) in [5.41, 5.74) is -0.1000. The molecule has 1 saturated carbocycles. The van der Waals surface area contributed by atoms with Crippen LogP contribution in [0.4, 0.5) is 0 Å². The lowest BCUT2D eigenvalue weighted by Gasteiger charge is -2.35. The third-order valence-corrected chi connectivity index (χ3v) is 6.53. The summed E-state index contributed by atoms with van der Waals surface area (Å²) in [5.74, 6) is 2.61. The second kappa shape index (κ2) is 8.26. The number of likely N-dealkylation sites (tertiary alicyclic amines) is 1. The van der Waals surface area contributed by atoms with Gasteiger partial charge in [-0.15, -0.1) is 0 Å². The number of fused-ring (bicyclic) bond motifs is 2. The third kappa shape index (κ3) is 4.12. The van der Waals surface area contributed by atoms with Crippen molar-refractivity contribution in [1.82, 2.24) is 9.47 Å². The van der Waals surface area contributed by atoms with Crippen LogP contribution in [0, 0.1) is 11.8 Å². The second-order valence-electron chi connectivity index (χ2n) is 8.51. The molecule has 2 fully saturated rings. The van der Waals surface area contributed by atoms with Crippen LogP contribution in [0.15, 0.2) is 47.4 Å². The molecule has 1 amide bonds. The lowest BCUT2D eigenvalue weighted by Crippen LogP contribution is -2.42. The fourth-order valence-corrected chi connectivity index (χ4v) is 4.87. The van der Waals surface area contributed by atoms with Crippen molar-refractivity contribution in [2.75, 3.05) is 19.9 Å². The Labute approximate surface area is 179 Å². The Hall–Kier alpha value is -3.00. The van der Waals surface area contributed by atoms with Gasteiger partial charge in [0.05, 0.1) is 6.10 Å². The van der Waals surface area contributed by atoms with Crippen LogP contribution in [0.5, 0.6) is 17.2 Å². The molecule has 8 nitrogen and oxygen atoms in total. The summed E-state index contributed by atoms with van der Waals surface area (Å²) >= 11 is 0. The minimum absolute atomic E-state index is 0.0490. The average Bonchev–Trinajstić information content (AvgIpc) is 3.39. The summed E-state index contributed by atoms with van der Waals surface area (Å²) in [7, 11) is 0. The molecular formula is C23H26N2O6. The van der Waals surface area contributed by atoms with Crippen molar-refractivity contribution >= 4 is 5.91 Å². The number of hydrogen-bond acceptors (Lipinski definition) is 6. The van der Waals surface area contributed by atoms with Crippen LogP contribution in [-0.2, 0) is 11.3 Å². The van der Waals surface area contributed by atoms with E-state index in [9.17, 15) is 14.7 Å². The zero-order valence-electron chi connectivity index (χ0n) is 17.2. The number of rotatable bonds is 5. The van der Waals surface area contributed by atoms with E-state index in [0.717, 1.165) is 0 Å². The highest BCUT2D eigenvalue weighted by molar-refractivity contribution is 5.76. The van der Waals surface area contributed by atoms with E-state index in [1.165, 1.54) is 6.07 Å². The highest BCUT2D eigenvalue weighted by atomic mass is 16.7. The Morgan fingerprint density at radius 1 is 1.10 bits per heavy atom. The van der Waals surface area contributed by atoms with Crippen molar-refractivity contribution in [1.29, 1.82) is 0 Å². The average molecular weight is 426 g/mol. The first-order valence-corrected chi connectivity index (χ1v) is 10.7. The number of nitrogens with zero attached hydrogens (tertiary/aromatic N) is 2. The molecule has 1 N–H and O–H groups in total. The molecule has 0 radical (unpaired) electrons. The number of benzene rings is 1. The number of aliphatic hydroxyl groups excluding tert-OH is 1. The second-order valence-corrected chi connectivity index (χ2v) is 8.51. The van der Waals surface area contributed by atoms with Crippen molar-refractivity contribution in [3.8, 4) is 17.2 Å². The maximum atomic E-state index is 12.7. The molecule has 164 valence electrons. The molecule has 1 aromatic heterocycles. The molecule has 8 heteroatoms. The summed E-state index contributed by atoms with van der Waals surface area (Å²) in [6, 6.07) is 10.4. The summed E-state index contributed by atoms with van der Waals surface area (Å²) in [4.78, 5) is 26.4. The van der Waals surface area contributed by atoms with Crippen LogP contribution >= 0.6 is 0 Å². The number of pyridine rings is 1. The standard InChI is InChI=1S/C23H26N2O6/c26-18-9-15-12-25(23(28)6-8-24-7-2-1-3-22(24)27)13-16(15)10-20(18)31-17-4-5-19-21(11-17)30-14-29-19/h1-5,7,11,15-16,18,20,26H,6,8-10,12-14H2/t15-,16+,18+,20+/m0/s1. The molecule has 3 aliphatic rings. The quantitative estimate of drug-likeness (QED) is 0.782. The SMILES string of the molecule is O=C(CCn1ccccc1=O)N1C[C@H]2C[C@@H](Oc3ccc4c(c3)OCO4)[C@H](O)C[C@H]2C1. The smallest absolute Gasteiger partial charge is 0.250 e. The molecule has 1 aliphatic carbocycles. The topological polar surface area (TPSA) is 90.2 Å². The van der Waals surface area contributed by atoms with Crippen LogP contribution in [0.3, 0.4) is 0 Å². The minimum Gasteiger partial charge on any atom is -0.488 e. The summed E-state index contributed by atoms with van der Waals surface area (Å²) < 4.78 is 18.4. The fraction of sp³-hybridized carbons (Fsp3) is 0.478. The first-order chi connectivity index (χ1) is 15.1. The fourth-order valence-electron chi connectivity index (χ4n) is 4.87. The molecule has 2 aliphatic heterocycles. The Morgan fingerprint density at radius 2 is 1.90 bits per heavy atom. The number of carbonyl (C=O) groups is 1. The monoisotopic (exact) mass is 426 g/mol. The van der Waals surface area contributed by atoms with Crippen molar-refractivity contribution in [2.45, 2.75) is 38.0 Å². The predicted octanol–water partition coefficient (Wildman–Crippen LogP) is 1.64. The van der Waals surface area contributed by atoms with Crippen molar-refractivity contribution < 1.29 is 24.1 Å². The largest absolute Gasteiger partial charge is 0.488 e. The van der Waals surface area contributed by atoms with Gasteiger partial charge in [-0.3, -0.25) is 9.59 Å². The first-order valence-electron chi connectivity index (χ1n) is 10.7. The van der Waals surface area contributed by atoms with Crippen LogP contribution in [0.2, 0.25) is 0 Å². The number of amides is 1. The highest BCUT2D eigenvalue weighted by Crippen LogP contribution is 2.40. The molecule has 1 saturated heterocycles. The van der Waals surface area contributed by atoms with Gasteiger partial charge < -0.3 is 28.8 Å². The van der Waals surface area contributed by atoms with Gasteiger partial charge in [-0.25, -0.2) is 0 Å². The first kappa shape index (κ1) is 19.9. The van der Waals surface area contributed by atoms with E-state index < -0.39 is 6.10 Å². The lowest BCUT2D eigenvalue weighted by atomic mass is 9.78. The van der Waals surface area contributed by atoms with Crippen LogP contribution in [-0.4, -0.2) is 52.6 Å². The van der Waals surface area contributed by atoms with Crippen LogP contribution in [0.1, 0.15) is 19.3 Å². The maximum Gasteiger partial charge on any atom is 0.250 e. The Balaban J connectivity index is 1.18. The number of carbonyl (C=O) groups excluding carboxylic acids is 1. The van der Waals surface area contributed by atoms with Crippen LogP contribution < -0.4 is 19.8 Å². The summed E-state index contributed by atoms with van der Waals surface area (Å²) in [5, 5.41) is 10.7. The molecule has 2 aromatic rings. The highest BCUT2D eigenvalue weighted by Gasteiger charge is 2.43. The number of aryl methyl sites for hydroxylation is 1. The molecule has 0 bridgehead atoms. The van der Waals surface area contributed by atoms with Gasteiger partial charge in [0.15, 0.2) is 11.5 Å². The van der Waals surface area contributed by atoms with E-state index in [-0.39, 0.29) is 30.3 Å². The normalized spacial score (nSPS) is 26.5. The van der Waals surface area contributed by atoms with Crippen molar-refractivity contribution in [3.63, 3.8) is 0 Å². The molecule has 0 spiro atoms. The molecule has 3 heterocycles. The van der Waals surface area contributed by atoms with Gasteiger partial charge in [0.25, 0.3) is 5.56 Å².